The Balaban J connectivity index is 1.36. The van der Waals surface area contributed by atoms with Crippen LogP contribution in [0.3, 0.4) is 0 Å². The number of rotatable bonds is 7. The number of ether oxygens (including phenoxy) is 1. The van der Waals surface area contributed by atoms with Crippen LogP contribution >= 0.6 is 27.3 Å². The lowest BCUT2D eigenvalue weighted by molar-refractivity contribution is 0.103. The molecule has 1 amide bonds. The summed E-state index contributed by atoms with van der Waals surface area (Å²) in [5.41, 5.74) is 2.95. The van der Waals surface area contributed by atoms with Gasteiger partial charge in [0.25, 0.3) is 5.91 Å². The van der Waals surface area contributed by atoms with Gasteiger partial charge in [0.2, 0.25) is 0 Å². The molecule has 0 atom stereocenters. The molecule has 4 rings (SSSR count). The van der Waals surface area contributed by atoms with Gasteiger partial charge in [-0.05, 0) is 60.3 Å². The van der Waals surface area contributed by atoms with E-state index in [1.165, 1.54) is 23.5 Å². The van der Waals surface area contributed by atoms with E-state index in [0.717, 1.165) is 21.3 Å². The summed E-state index contributed by atoms with van der Waals surface area (Å²) in [6.45, 7) is 2.88. The maximum absolute atomic E-state index is 13.0. The molecule has 0 radical (unpaired) electrons. The molecule has 2 aromatic carbocycles. The predicted molar refractivity (Wildman–Crippen MR) is 123 cm³/mol. The van der Waals surface area contributed by atoms with Crippen molar-refractivity contribution in [1.29, 1.82) is 0 Å². The van der Waals surface area contributed by atoms with Gasteiger partial charge in [0, 0.05) is 21.8 Å². The highest BCUT2D eigenvalue weighted by molar-refractivity contribution is 9.10. The molecule has 5 nitrogen and oxygen atoms in total. The maximum Gasteiger partial charge on any atom is 0.266 e. The van der Waals surface area contributed by atoms with Gasteiger partial charge in [-0.15, -0.1) is 11.3 Å². The van der Waals surface area contributed by atoms with Crippen LogP contribution in [0.4, 0.5) is 10.2 Å². The number of benzene rings is 2. The second-order valence-corrected chi connectivity index (χ2v) is 8.80. The van der Waals surface area contributed by atoms with E-state index in [-0.39, 0.29) is 11.7 Å². The zero-order chi connectivity index (χ0) is 21.8. The lowest BCUT2D eigenvalue weighted by Crippen LogP contribution is -2.11. The molecule has 0 aliphatic carbocycles. The number of hydrogen-bond acceptors (Lipinski definition) is 4. The van der Waals surface area contributed by atoms with Crippen LogP contribution in [0.25, 0.3) is 0 Å². The Labute approximate surface area is 191 Å². The third-order valence-electron chi connectivity index (χ3n) is 4.57. The molecule has 1 N–H and O–H groups in total. The number of aromatic nitrogens is 2. The molecule has 0 saturated heterocycles. The number of thiophene rings is 1. The number of halogens is 2. The van der Waals surface area contributed by atoms with Gasteiger partial charge in [0.15, 0.2) is 5.82 Å². The molecule has 0 fully saturated rings. The second-order valence-electron chi connectivity index (χ2n) is 6.97. The fourth-order valence-corrected chi connectivity index (χ4v) is 4.00. The van der Waals surface area contributed by atoms with E-state index in [4.69, 9.17) is 4.74 Å². The summed E-state index contributed by atoms with van der Waals surface area (Å²) in [7, 11) is 0. The van der Waals surface area contributed by atoms with Crippen molar-refractivity contribution in [3.05, 3.63) is 98.0 Å². The van der Waals surface area contributed by atoms with Crippen molar-refractivity contribution in [3.8, 4) is 5.75 Å². The van der Waals surface area contributed by atoms with Crippen LogP contribution in [-0.4, -0.2) is 15.7 Å². The highest BCUT2D eigenvalue weighted by Gasteiger charge is 2.13. The van der Waals surface area contributed by atoms with E-state index in [1.807, 2.05) is 47.3 Å². The lowest BCUT2D eigenvalue weighted by Gasteiger charge is -2.05. The summed E-state index contributed by atoms with van der Waals surface area (Å²) in [5, 5.41) is 9.23. The second kappa shape index (κ2) is 9.45. The van der Waals surface area contributed by atoms with Crippen LogP contribution in [0.5, 0.6) is 5.75 Å². The fourth-order valence-electron chi connectivity index (χ4n) is 2.94. The molecule has 0 unspecified atom stereocenters. The molecular weight excluding hydrogens is 481 g/mol. The molecule has 0 aliphatic heterocycles. The van der Waals surface area contributed by atoms with E-state index in [2.05, 4.69) is 26.3 Å². The van der Waals surface area contributed by atoms with Crippen molar-refractivity contribution >= 4 is 39.0 Å². The van der Waals surface area contributed by atoms with Crippen molar-refractivity contribution in [1.82, 2.24) is 9.78 Å². The average molecular weight is 500 g/mol. The standard InChI is InChI=1S/C23H19BrFN3O2S/c1-15-10-22(27-28(15)12-16-2-4-18(24)5-3-16)26-23(29)21-11-17(14-31-21)13-30-20-8-6-19(25)7-9-20/h2-11,14H,12-13H2,1H3,(H,26,27,29). The topological polar surface area (TPSA) is 56.1 Å². The van der Waals surface area contributed by atoms with E-state index in [1.54, 1.807) is 18.2 Å². The van der Waals surface area contributed by atoms with E-state index >= 15 is 0 Å². The third-order valence-corrected chi connectivity index (χ3v) is 6.07. The van der Waals surface area contributed by atoms with Crippen LogP contribution in [0.15, 0.2) is 70.5 Å². The summed E-state index contributed by atoms with van der Waals surface area (Å²) >= 11 is 4.77. The van der Waals surface area contributed by atoms with Crippen LogP contribution in [0.2, 0.25) is 0 Å². The van der Waals surface area contributed by atoms with Gasteiger partial charge in [-0.25, -0.2) is 4.39 Å². The monoisotopic (exact) mass is 499 g/mol. The third kappa shape index (κ3) is 5.59. The number of carbonyl (C=O) groups is 1. The number of aryl methyl sites for hydroxylation is 1. The summed E-state index contributed by atoms with van der Waals surface area (Å²) in [4.78, 5) is 13.2. The van der Waals surface area contributed by atoms with Gasteiger partial charge in [-0.3, -0.25) is 9.48 Å². The molecule has 0 bridgehead atoms. The molecule has 0 aliphatic rings. The van der Waals surface area contributed by atoms with Gasteiger partial charge in [-0.1, -0.05) is 28.1 Å². The normalized spacial score (nSPS) is 10.8. The largest absolute Gasteiger partial charge is 0.489 e. The molecule has 0 spiro atoms. The SMILES string of the molecule is Cc1cc(NC(=O)c2cc(COc3ccc(F)cc3)cs2)nn1Cc1ccc(Br)cc1. The van der Waals surface area contributed by atoms with Crippen molar-refractivity contribution < 1.29 is 13.9 Å². The molecule has 4 aromatic rings. The van der Waals surface area contributed by atoms with Crippen molar-refractivity contribution in [2.45, 2.75) is 20.1 Å². The minimum absolute atomic E-state index is 0.216. The summed E-state index contributed by atoms with van der Waals surface area (Å²) in [5.74, 6) is 0.560. The van der Waals surface area contributed by atoms with Crippen molar-refractivity contribution in [2.24, 2.45) is 0 Å². The van der Waals surface area contributed by atoms with Gasteiger partial charge in [-0.2, -0.15) is 5.10 Å². The van der Waals surface area contributed by atoms with E-state index in [0.29, 0.717) is 29.6 Å². The molecular formula is C23H19BrFN3O2S. The Hall–Kier alpha value is -2.97. The number of nitrogens with zero attached hydrogens (tertiary/aromatic N) is 2. The predicted octanol–water partition coefficient (Wildman–Crippen LogP) is 6.03. The molecule has 158 valence electrons. The fraction of sp³-hybridized carbons (Fsp3) is 0.130. The zero-order valence-corrected chi connectivity index (χ0v) is 19.0. The maximum atomic E-state index is 13.0. The van der Waals surface area contributed by atoms with Crippen LogP contribution < -0.4 is 10.1 Å². The van der Waals surface area contributed by atoms with Crippen molar-refractivity contribution in [2.75, 3.05) is 5.32 Å². The minimum Gasteiger partial charge on any atom is -0.489 e. The summed E-state index contributed by atoms with van der Waals surface area (Å²) in [6.07, 6.45) is 0. The van der Waals surface area contributed by atoms with E-state index < -0.39 is 0 Å². The Morgan fingerprint density at radius 2 is 1.87 bits per heavy atom. The van der Waals surface area contributed by atoms with Gasteiger partial charge in [0.05, 0.1) is 11.4 Å². The van der Waals surface area contributed by atoms with Crippen LogP contribution in [0, 0.1) is 12.7 Å². The quantitative estimate of drug-likeness (QED) is 0.337. The molecule has 31 heavy (non-hydrogen) atoms. The summed E-state index contributed by atoms with van der Waals surface area (Å²) in [6, 6.07) is 17.5. The Bertz CT molecular complexity index is 1190. The van der Waals surface area contributed by atoms with Gasteiger partial charge in [0.1, 0.15) is 18.2 Å². The number of hydrogen-bond donors (Lipinski definition) is 1. The highest BCUT2D eigenvalue weighted by atomic mass is 79.9. The van der Waals surface area contributed by atoms with Crippen molar-refractivity contribution in [3.63, 3.8) is 0 Å². The molecule has 2 aromatic heterocycles. The first-order valence-corrected chi connectivity index (χ1v) is 11.2. The minimum atomic E-state index is -0.309. The average Bonchev–Trinajstić information content (AvgIpc) is 3.36. The molecule has 2 heterocycles. The highest BCUT2D eigenvalue weighted by Crippen LogP contribution is 2.20. The number of carbonyl (C=O) groups excluding carboxylic acids is 1. The molecule has 0 saturated carbocycles. The van der Waals surface area contributed by atoms with Gasteiger partial charge < -0.3 is 10.1 Å². The van der Waals surface area contributed by atoms with Crippen LogP contribution in [0.1, 0.15) is 26.5 Å². The number of amides is 1. The summed E-state index contributed by atoms with van der Waals surface area (Å²) < 4.78 is 21.5. The number of nitrogens with one attached hydrogen (secondary N) is 1. The first kappa shape index (κ1) is 21.3. The molecule has 8 heteroatoms. The first-order valence-electron chi connectivity index (χ1n) is 9.52. The Morgan fingerprint density at radius 3 is 2.61 bits per heavy atom. The Kier molecular flexibility index (Phi) is 6.48. The smallest absolute Gasteiger partial charge is 0.266 e. The lowest BCUT2D eigenvalue weighted by atomic mass is 10.2. The van der Waals surface area contributed by atoms with Crippen LogP contribution in [-0.2, 0) is 13.2 Å². The Morgan fingerprint density at radius 1 is 1.13 bits per heavy atom. The van der Waals surface area contributed by atoms with E-state index in [9.17, 15) is 9.18 Å². The van der Waals surface area contributed by atoms with Gasteiger partial charge >= 0.3 is 0 Å². The zero-order valence-electron chi connectivity index (χ0n) is 16.6. The number of anilines is 1. The first-order chi connectivity index (χ1) is 15.0.